The number of thiazole rings is 1. The third-order valence-electron chi connectivity index (χ3n) is 3.68. The second-order valence-electron chi connectivity index (χ2n) is 5.13. The van der Waals surface area contributed by atoms with E-state index in [9.17, 15) is 0 Å². The van der Waals surface area contributed by atoms with Crippen molar-refractivity contribution in [2.45, 2.75) is 26.3 Å². The number of pyridine rings is 1. The van der Waals surface area contributed by atoms with E-state index in [4.69, 9.17) is 5.84 Å². The van der Waals surface area contributed by atoms with Gasteiger partial charge in [0.15, 0.2) is 0 Å². The highest BCUT2D eigenvalue weighted by Gasteiger charge is 2.14. The summed E-state index contributed by atoms with van der Waals surface area (Å²) in [6, 6.07) is 10.3. The quantitative estimate of drug-likeness (QED) is 0.574. The van der Waals surface area contributed by atoms with Gasteiger partial charge in [0.2, 0.25) is 0 Å². The number of hydrogen-bond donors (Lipinski definition) is 2. The molecule has 0 fully saturated rings. The maximum Gasteiger partial charge on any atom is 0.0950 e. The molecule has 21 heavy (non-hydrogen) atoms. The predicted octanol–water partition coefficient (Wildman–Crippen LogP) is 3.06. The number of hydrazine groups is 1. The molecule has 108 valence electrons. The molecule has 0 saturated heterocycles. The van der Waals surface area contributed by atoms with Crippen LogP contribution < -0.4 is 11.3 Å². The van der Waals surface area contributed by atoms with E-state index in [2.05, 4.69) is 40.5 Å². The minimum Gasteiger partial charge on any atom is -0.271 e. The lowest BCUT2D eigenvalue weighted by atomic mass is 10.0. The molecule has 1 unspecified atom stereocenters. The van der Waals surface area contributed by atoms with Gasteiger partial charge in [0.25, 0.3) is 0 Å². The van der Waals surface area contributed by atoms with Crippen LogP contribution >= 0.6 is 11.3 Å². The lowest BCUT2D eigenvalue weighted by molar-refractivity contribution is 0.551. The molecule has 4 nitrogen and oxygen atoms in total. The first-order valence-electron chi connectivity index (χ1n) is 6.91. The van der Waals surface area contributed by atoms with Gasteiger partial charge in [-0.2, -0.15) is 0 Å². The topological polar surface area (TPSA) is 63.8 Å². The predicted molar refractivity (Wildman–Crippen MR) is 87.1 cm³/mol. The van der Waals surface area contributed by atoms with Crippen molar-refractivity contribution in [3.63, 3.8) is 0 Å². The summed E-state index contributed by atoms with van der Waals surface area (Å²) in [5.41, 5.74) is 6.17. The van der Waals surface area contributed by atoms with Gasteiger partial charge in [0.05, 0.1) is 22.3 Å². The number of aromatic nitrogens is 2. The third-order valence-corrected chi connectivity index (χ3v) is 4.78. The molecule has 1 aromatic carbocycles. The Hall–Kier alpha value is -1.82. The Balaban J connectivity index is 1.90. The second-order valence-corrected chi connectivity index (χ2v) is 6.42. The highest BCUT2D eigenvalue weighted by molar-refractivity contribution is 7.11. The van der Waals surface area contributed by atoms with E-state index in [0.29, 0.717) is 0 Å². The van der Waals surface area contributed by atoms with Crippen LogP contribution in [-0.2, 0) is 6.42 Å². The molecule has 5 heteroatoms. The second kappa shape index (κ2) is 5.89. The van der Waals surface area contributed by atoms with E-state index in [1.807, 2.05) is 25.3 Å². The fourth-order valence-electron chi connectivity index (χ4n) is 2.38. The molecule has 0 aliphatic heterocycles. The summed E-state index contributed by atoms with van der Waals surface area (Å²) in [6.45, 7) is 4.14. The minimum absolute atomic E-state index is 0.0551. The first-order chi connectivity index (χ1) is 10.2. The van der Waals surface area contributed by atoms with Crippen LogP contribution in [-0.4, -0.2) is 9.97 Å². The van der Waals surface area contributed by atoms with Crippen LogP contribution in [0.2, 0.25) is 0 Å². The molecule has 2 aromatic heterocycles. The van der Waals surface area contributed by atoms with Crippen LogP contribution in [0.4, 0.5) is 0 Å². The van der Waals surface area contributed by atoms with Crippen LogP contribution in [0.3, 0.4) is 0 Å². The molecule has 3 rings (SSSR count). The first kappa shape index (κ1) is 14.1. The molecule has 0 radical (unpaired) electrons. The fourth-order valence-corrected chi connectivity index (χ4v) is 3.36. The standard InChI is InChI=1S/C16H18N4S/c1-10-11(2)21-16(19-10)9-15(20-17)13-5-6-14-12(8-13)4-3-7-18-14/h3-8,15,20H,9,17H2,1-2H3. The highest BCUT2D eigenvalue weighted by Crippen LogP contribution is 2.25. The van der Waals surface area contributed by atoms with Gasteiger partial charge in [-0.1, -0.05) is 12.1 Å². The van der Waals surface area contributed by atoms with Crippen LogP contribution in [0.1, 0.15) is 27.2 Å². The first-order valence-corrected chi connectivity index (χ1v) is 7.72. The Morgan fingerprint density at radius 1 is 1.29 bits per heavy atom. The zero-order valence-corrected chi connectivity index (χ0v) is 12.9. The summed E-state index contributed by atoms with van der Waals surface area (Å²) >= 11 is 1.74. The maximum atomic E-state index is 5.75. The number of fused-ring (bicyclic) bond motifs is 1. The van der Waals surface area contributed by atoms with Crippen molar-refractivity contribution in [2.75, 3.05) is 0 Å². The van der Waals surface area contributed by atoms with Crippen LogP contribution in [0.25, 0.3) is 10.9 Å². The number of aryl methyl sites for hydroxylation is 2. The summed E-state index contributed by atoms with van der Waals surface area (Å²) in [5, 5.41) is 2.24. The van der Waals surface area contributed by atoms with Gasteiger partial charge >= 0.3 is 0 Å². The number of nitrogens with one attached hydrogen (secondary N) is 1. The SMILES string of the molecule is Cc1nc(CC(NN)c2ccc3ncccc3c2)sc1C. The largest absolute Gasteiger partial charge is 0.271 e. The zero-order chi connectivity index (χ0) is 14.8. The molecule has 0 aliphatic rings. The van der Waals surface area contributed by atoms with E-state index >= 15 is 0 Å². The fraction of sp³-hybridized carbons (Fsp3) is 0.250. The summed E-state index contributed by atoms with van der Waals surface area (Å²) in [4.78, 5) is 10.2. The molecule has 3 N–H and O–H groups in total. The van der Waals surface area contributed by atoms with Gasteiger partial charge in [-0.25, -0.2) is 4.98 Å². The van der Waals surface area contributed by atoms with Gasteiger partial charge in [-0.05, 0) is 37.6 Å². The number of rotatable bonds is 4. The molecule has 0 bridgehead atoms. The average molecular weight is 298 g/mol. The summed E-state index contributed by atoms with van der Waals surface area (Å²) in [6.07, 6.45) is 2.60. The Bertz CT molecular complexity index is 746. The normalized spacial score (nSPS) is 12.7. The smallest absolute Gasteiger partial charge is 0.0950 e. The van der Waals surface area contributed by atoms with Crippen molar-refractivity contribution in [3.8, 4) is 0 Å². The zero-order valence-electron chi connectivity index (χ0n) is 12.1. The number of benzene rings is 1. The average Bonchev–Trinajstić information content (AvgIpc) is 2.82. The number of nitrogens with zero attached hydrogens (tertiary/aromatic N) is 2. The van der Waals surface area contributed by atoms with Crippen LogP contribution in [0.15, 0.2) is 36.5 Å². The van der Waals surface area contributed by atoms with E-state index < -0.39 is 0 Å². The van der Waals surface area contributed by atoms with Gasteiger partial charge in [-0.3, -0.25) is 16.3 Å². The Morgan fingerprint density at radius 3 is 2.86 bits per heavy atom. The molecule has 0 aliphatic carbocycles. The van der Waals surface area contributed by atoms with E-state index in [0.717, 1.165) is 33.6 Å². The molecule has 0 amide bonds. The van der Waals surface area contributed by atoms with E-state index in [1.165, 1.54) is 4.88 Å². The van der Waals surface area contributed by atoms with Crippen molar-refractivity contribution in [1.29, 1.82) is 0 Å². The van der Waals surface area contributed by atoms with Crippen molar-refractivity contribution < 1.29 is 0 Å². The molecule has 3 aromatic rings. The molecular formula is C16H18N4S. The summed E-state index contributed by atoms with van der Waals surface area (Å²) < 4.78 is 0. The van der Waals surface area contributed by atoms with E-state index in [-0.39, 0.29) is 6.04 Å². The Morgan fingerprint density at radius 2 is 2.14 bits per heavy atom. The molecule has 1 atom stereocenters. The monoisotopic (exact) mass is 298 g/mol. The molecule has 0 saturated carbocycles. The Labute approximate surface area is 128 Å². The van der Waals surface area contributed by atoms with Crippen molar-refractivity contribution in [2.24, 2.45) is 5.84 Å². The van der Waals surface area contributed by atoms with Gasteiger partial charge in [-0.15, -0.1) is 11.3 Å². The minimum atomic E-state index is 0.0551. The molecule has 0 spiro atoms. The molecule has 2 heterocycles. The van der Waals surface area contributed by atoms with Crippen molar-refractivity contribution >= 4 is 22.2 Å². The molecular weight excluding hydrogens is 280 g/mol. The number of nitrogens with two attached hydrogens (primary N) is 1. The lowest BCUT2D eigenvalue weighted by Crippen LogP contribution is -2.29. The van der Waals surface area contributed by atoms with Crippen molar-refractivity contribution in [3.05, 3.63) is 57.7 Å². The highest BCUT2D eigenvalue weighted by atomic mass is 32.1. The van der Waals surface area contributed by atoms with Crippen LogP contribution in [0.5, 0.6) is 0 Å². The summed E-state index contributed by atoms with van der Waals surface area (Å²) in [7, 11) is 0. The third kappa shape index (κ3) is 2.95. The van der Waals surface area contributed by atoms with Gasteiger partial charge in [0.1, 0.15) is 0 Å². The van der Waals surface area contributed by atoms with Crippen molar-refractivity contribution in [1.82, 2.24) is 15.4 Å². The van der Waals surface area contributed by atoms with Crippen LogP contribution in [0, 0.1) is 13.8 Å². The summed E-state index contributed by atoms with van der Waals surface area (Å²) in [5.74, 6) is 5.75. The maximum absolute atomic E-state index is 5.75. The van der Waals surface area contributed by atoms with Gasteiger partial charge < -0.3 is 0 Å². The Kier molecular flexibility index (Phi) is 3.96. The lowest BCUT2D eigenvalue weighted by Gasteiger charge is -2.15. The number of hydrogen-bond acceptors (Lipinski definition) is 5. The van der Waals surface area contributed by atoms with E-state index in [1.54, 1.807) is 11.3 Å². The van der Waals surface area contributed by atoms with Gasteiger partial charge in [0, 0.05) is 22.9 Å².